The molecule has 0 radical (unpaired) electrons. The highest BCUT2D eigenvalue weighted by atomic mass is 16.5. The number of nitrogens with zero attached hydrogens (tertiary/aromatic N) is 3. The van der Waals surface area contributed by atoms with Gasteiger partial charge in [0.15, 0.2) is 0 Å². The number of esters is 1. The van der Waals surface area contributed by atoms with Crippen molar-refractivity contribution in [1.82, 2.24) is 14.9 Å². The van der Waals surface area contributed by atoms with Gasteiger partial charge in [0.2, 0.25) is 0 Å². The number of allylic oxidation sites excluding steroid dienone is 1. The summed E-state index contributed by atoms with van der Waals surface area (Å²) in [5.41, 5.74) is 8.11. The molecule has 0 saturated carbocycles. The molecule has 5 heteroatoms. The number of aromatic nitrogens is 2. The summed E-state index contributed by atoms with van der Waals surface area (Å²) in [6.07, 6.45) is 11.4. The van der Waals surface area contributed by atoms with Crippen LogP contribution in [-0.2, 0) is 9.53 Å². The van der Waals surface area contributed by atoms with E-state index in [1.807, 2.05) is 38.4 Å². The maximum Gasteiger partial charge on any atom is 0.333 e. The smallest absolute Gasteiger partial charge is 0.333 e. The quantitative estimate of drug-likeness (QED) is 0.257. The zero-order valence-electron chi connectivity index (χ0n) is 22.9. The maximum absolute atomic E-state index is 10.8. The molecule has 0 N–H and O–H groups in total. The standard InChI is InChI=1S/C22H29N3.C8H14O2/c1-6-10-25-19(21-17(4)11-15(2)13-23-21)8-7-9-20(25)22-18(5)12-16(3)14-24-22;1-6(2)5-7(3)8(9)10-4/h6,11-14,19-20H,1,7-10H2,2-5H3;5-6H,1-4H3/b;7-5+. The van der Waals surface area contributed by atoms with Crippen LogP contribution >= 0.6 is 0 Å². The van der Waals surface area contributed by atoms with Crippen LogP contribution in [-0.4, -0.2) is 34.5 Å². The third-order valence-corrected chi connectivity index (χ3v) is 6.33. The van der Waals surface area contributed by atoms with E-state index in [2.05, 4.69) is 56.0 Å². The molecule has 1 aliphatic rings. The lowest BCUT2D eigenvalue weighted by Gasteiger charge is -2.42. The summed E-state index contributed by atoms with van der Waals surface area (Å²) >= 11 is 0. The Morgan fingerprint density at radius 2 is 1.54 bits per heavy atom. The number of ether oxygens (including phenoxy) is 1. The molecule has 2 unspecified atom stereocenters. The normalized spacial score (nSPS) is 18.6. The van der Waals surface area contributed by atoms with Gasteiger partial charge in [-0.2, -0.15) is 0 Å². The van der Waals surface area contributed by atoms with Gasteiger partial charge in [-0.15, -0.1) is 6.58 Å². The van der Waals surface area contributed by atoms with Crippen LogP contribution in [0.25, 0.3) is 0 Å². The van der Waals surface area contributed by atoms with Crippen molar-refractivity contribution in [3.63, 3.8) is 0 Å². The first-order chi connectivity index (χ1) is 16.6. The minimum Gasteiger partial charge on any atom is -0.466 e. The van der Waals surface area contributed by atoms with Crippen molar-refractivity contribution in [1.29, 1.82) is 0 Å². The van der Waals surface area contributed by atoms with Crippen molar-refractivity contribution in [2.45, 2.75) is 79.8 Å². The van der Waals surface area contributed by atoms with Crippen LogP contribution < -0.4 is 0 Å². The van der Waals surface area contributed by atoms with Crippen molar-refractivity contribution in [2.75, 3.05) is 13.7 Å². The summed E-state index contributed by atoms with van der Waals surface area (Å²) in [6, 6.07) is 5.15. The second kappa shape index (κ2) is 13.3. The summed E-state index contributed by atoms with van der Waals surface area (Å²) < 4.78 is 4.51. The molecule has 190 valence electrons. The first-order valence-electron chi connectivity index (χ1n) is 12.6. The Bertz CT molecular complexity index is 982. The summed E-state index contributed by atoms with van der Waals surface area (Å²) in [6.45, 7) is 19.2. The lowest BCUT2D eigenvalue weighted by molar-refractivity contribution is -0.136. The van der Waals surface area contributed by atoms with Crippen LogP contribution in [0.15, 0.2) is 48.8 Å². The minimum atomic E-state index is -0.242. The maximum atomic E-state index is 10.8. The molecule has 2 aromatic heterocycles. The van der Waals surface area contributed by atoms with E-state index in [4.69, 9.17) is 9.97 Å². The highest BCUT2D eigenvalue weighted by Crippen LogP contribution is 2.42. The first-order valence-corrected chi connectivity index (χ1v) is 12.6. The highest BCUT2D eigenvalue weighted by Gasteiger charge is 2.34. The number of aryl methyl sites for hydroxylation is 4. The van der Waals surface area contributed by atoms with E-state index in [0.717, 1.165) is 19.4 Å². The van der Waals surface area contributed by atoms with Gasteiger partial charge in [0.25, 0.3) is 0 Å². The molecule has 1 saturated heterocycles. The zero-order valence-corrected chi connectivity index (χ0v) is 22.9. The van der Waals surface area contributed by atoms with Gasteiger partial charge >= 0.3 is 5.97 Å². The Morgan fingerprint density at radius 1 is 1.06 bits per heavy atom. The molecule has 0 bridgehead atoms. The number of pyridine rings is 2. The molecule has 35 heavy (non-hydrogen) atoms. The van der Waals surface area contributed by atoms with Gasteiger partial charge in [-0.3, -0.25) is 14.9 Å². The van der Waals surface area contributed by atoms with Crippen LogP contribution in [0.2, 0.25) is 0 Å². The third kappa shape index (κ3) is 7.86. The van der Waals surface area contributed by atoms with Gasteiger partial charge < -0.3 is 4.74 Å². The number of carbonyl (C=O) groups excluding carboxylic acids is 1. The Labute approximate surface area is 212 Å². The molecule has 1 aliphatic heterocycles. The summed E-state index contributed by atoms with van der Waals surface area (Å²) in [4.78, 5) is 22.9. The molecule has 0 amide bonds. The fraction of sp³-hybridized carbons (Fsp3) is 0.500. The van der Waals surface area contributed by atoms with E-state index in [-0.39, 0.29) is 5.97 Å². The molecule has 0 spiro atoms. The molecule has 2 atom stereocenters. The van der Waals surface area contributed by atoms with Crippen molar-refractivity contribution in [3.8, 4) is 0 Å². The van der Waals surface area contributed by atoms with Gasteiger partial charge in [-0.25, -0.2) is 4.79 Å². The molecule has 0 aliphatic carbocycles. The number of rotatable bonds is 6. The first kappa shape index (κ1) is 28.4. The van der Waals surface area contributed by atoms with Crippen molar-refractivity contribution >= 4 is 5.97 Å². The van der Waals surface area contributed by atoms with E-state index in [0.29, 0.717) is 23.6 Å². The summed E-state index contributed by atoms with van der Waals surface area (Å²) in [5.74, 6) is 0.160. The third-order valence-electron chi connectivity index (χ3n) is 6.33. The monoisotopic (exact) mass is 477 g/mol. The van der Waals surface area contributed by atoms with E-state index in [1.165, 1.54) is 47.2 Å². The van der Waals surface area contributed by atoms with Gasteiger partial charge in [0, 0.05) is 24.5 Å². The van der Waals surface area contributed by atoms with Gasteiger partial charge in [0.05, 0.1) is 30.6 Å². The molecule has 3 rings (SSSR count). The SMILES string of the molecule is C=CCN1C(c2ncc(C)cc2C)CCCC1c1ncc(C)cc1C.COC(=O)/C(C)=C/C(C)C. The molecule has 1 fully saturated rings. The van der Waals surface area contributed by atoms with E-state index in [9.17, 15) is 4.79 Å². The molecular formula is C30H43N3O2. The van der Waals surface area contributed by atoms with Crippen LogP contribution in [0.5, 0.6) is 0 Å². The Balaban J connectivity index is 0.000000367. The van der Waals surface area contributed by atoms with Crippen molar-refractivity contribution in [3.05, 3.63) is 82.5 Å². The summed E-state index contributed by atoms with van der Waals surface area (Å²) in [7, 11) is 1.39. The zero-order chi connectivity index (χ0) is 26.1. The number of hydrogen-bond donors (Lipinski definition) is 0. The molecular weight excluding hydrogens is 434 g/mol. The van der Waals surface area contributed by atoms with Gasteiger partial charge in [0.1, 0.15) is 0 Å². The minimum absolute atomic E-state index is 0.242. The van der Waals surface area contributed by atoms with E-state index >= 15 is 0 Å². The Kier molecular flexibility index (Phi) is 10.8. The fourth-order valence-electron chi connectivity index (χ4n) is 4.92. The predicted octanol–water partition coefficient (Wildman–Crippen LogP) is 6.93. The number of hydrogen-bond acceptors (Lipinski definition) is 5. The molecule has 2 aromatic rings. The van der Waals surface area contributed by atoms with E-state index in [1.54, 1.807) is 6.92 Å². The number of piperidine rings is 1. The number of methoxy groups -OCH3 is 1. The molecule has 5 nitrogen and oxygen atoms in total. The van der Waals surface area contributed by atoms with Crippen LogP contribution in [0, 0.1) is 33.6 Å². The van der Waals surface area contributed by atoms with Crippen molar-refractivity contribution in [2.24, 2.45) is 5.92 Å². The highest BCUT2D eigenvalue weighted by molar-refractivity contribution is 5.87. The van der Waals surface area contributed by atoms with Crippen LogP contribution in [0.1, 0.15) is 85.8 Å². The van der Waals surface area contributed by atoms with Gasteiger partial charge in [-0.05, 0) is 82.1 Å². The molecule has 3 heterocycles. The second-order valence-corrected chi connectivity index (χ2v) is 9.96. The van der Waals surface area contributed by atoms with Crippen molar-refractivity contribution < 1.29 is 9.53 Å². The van der Waals surface area contributed by atoms with E-state index < -0.39 is 0 Å². The Morgan fingerprint density at radius 3 is 1.91 bits per heavy atom. The van der Waals surface area contributed by atoms with Crippen LogP contribution in [0.3, 0.4) is 0 Å². The molecule has 0 aromatic carbocycles. The van der Waals surface area contributed by atoms with Gasteiger partial charge in [-0.1, -0.05) is 38.1 Å². The number of carbonyl (C=O) groups is 1. The Hall–Kier alpha value is -2.79. The topological polar surface area (TPSA) is 55.3 Å². The lowest BCUT2D eigenvalue weighted by atomic mass is 9.88. The average Bonchev–Trinajstić information content (AvgIpc) is 2.79. The average molecular weight is 478 g/mol. The fourth-order valence-corrected chi connectivity index (χ4v) is 4.92. The van der Waals surface area contributed by atoms with Crippen LogP contribution in [0.4, 0.5) is 0 Å². The predicted molar refractivity (Wildman–Crippen MR) is 144 cm³/mol. The number of likely N-dealkylation sites (tertiary alicyclic amines) is 1. The second-order valence-electron chi connectivity index (χ2n) is 9.96. The summed E-state index contributed by atoms with van der Waals surface area (Å²) in [5, 5.41) is 0. The largest absolute Gasteiger partial charge is 0.466 e. The lowest BCUT2D eigenvalue weighted by Crippen LogP contribution is -2.38.